The van der Waals surface area contributed by atoms with Crippen LogP contribution in [0.2, 0.25) is 5.02 Å². The van der Waals surface area contributed by atoms with Gasteiger partial charge in [0.25, 0.3) is 0 Å². The molecule has 0 radical (unpaired) electrons. The minimum Gasteiger partial charge on any atom is -0.307 e. The van der Waals surface area contributed by atoms with E-state index in [2.05, 4.69) is 22.1 Å². The van der Waals surface area contributed by atoms with Crippen LogP contribution in [-0.2, 0) is 10.0 Å². The van der Waals surface area contributed by atoms with Crippen LogP contribution in [0.5, 0.6) is 0 Å². The first-order chi connectivity index (χ1) is 8.97. The summed E-state index contributed by atoms with van der Waals surface area (Å²) in [4.78, 5) is 3.91. The molecule has 2 rings (SSSR count). The number of hydrogen-bond acceptors (Lipinski definition) is 5. The minimum atomic E-state index is -3.56. The molecule has 8 heteroatoms. The van der Waals surface area contributed by atoms with Crippen molar-refractivity contribution >= 4 is 27.4 Å². The number of sulfonamides is 1. The Labute approximate surface area is 117 Å². The number of aromatic nitrogens is 1. The van der Waals surface area contributed by atoms with Crippen LogP contribution in [0.15, 0.2) is 17.2 Å². The summed E-state index contributed by atoms with van der Waals surface area (Å²) in [5.41, 5.74) is 2.29. The van der Waals surface area contributed by atoms with Crippen LogP contribution < -0.4 is 16.0 Å². The maximum Gasteiger partial charge on any atom is 0.242 e. The summed E-state index contributed by atoms with van der Waals surface area (Å²) >= 11 is 5.87. The molecule has 0 bridgehead atoms. The minimum absolute atomic E-state index is 0.0380. The largest absolute Gasteiger partial charge is 0.307 e. The molecular formula is C11H17ClN4O2S. The predicted molar refractivity (Wildman–Crippen MR) is 74.2 cm³/mol. The zero-order valence-corrected chi connectivity index (χ0v) is 12.1. The highest BCUT2D eigenvalue weighted by molar-refractivity contribution is 7.89. The molecule has 1 heterocycles. The van der Waals surface area contributed by atoms with Gasteiger partial charge in [-0.2, -0.15) is 0 Å². The molecule has 1 aromatic rings. The van der Waals surface area contributed by atoms with E-state index in [-0.39, 0.29) is 21.8 Å². The van der Waals surface area contributed by atoms with Gasteiger partial charge in [-0.05, 0) is 24.8 Å². The normalized spacial score (nSPS) is 22.3. The van der Waals surface area contributed by atoms with E-state index in [1.807, 2.05) is 0 Å². The third kappa shape index (κ3) is 3.36. The van der Waals surface area contributed by atoms with Crippen molar-refractivity contribution in [1.29, 1.82) is 0 Å². The highest BCUT2D eigenvalue weighted by Crippen LogP contribution is 2.35. The van der Waals surface area contributed by atoms with E-state index in [1.54, 1.807) is 0 Å². The predicted octanol–water partition coefficient (Wildman–Crippen LogP) is 1.49. The summed E-state index contributed by atoms with van der Waals surface area (Å²) in [6.45, 7) is 2.09. The average Bonchev–Trinajstić information content (AvgIpc) is 3.06. The van der Waals surface area contributed by atoms with E-state index in [4.69, 9.17) is 17.4 Å². The number of anilines is 1. The van der Waals surface area contributed by atoms with Crippen molar-refractivity contribution in [3.63, 3.8) is 0 Å². The van der Waals surface area contributed by atoms with E-state index in [9.17, 15) is 8.42 Å². The molecule has 0 spiro atoms. The fraction of sp³-hybridized carbons (Fsp3) is 0.545. The third-order valence-electron chi connectivity index (χ3n) is 3.15. The maximum atomic E-state index is 12.1. The smallest absolute Gasteiger partial charge is 0.242 e. The van der Waals surface area contributed by atoms with Gasteiger partial charge in [-0.1, -0.05) is 24.9 Å². The SMILES string of the molecule is CCCC1CC1NS(=O)(=O)c1cnc(NN)c(Cl)c1. The van der Waals surface area contributed by atoms with Gasteiger partial charge in [0, 0.05) is 12.2 Å². The van der Waals surface area contributed by atoms with Crippen LogP contribution in [0.4, 0.5) is 5.82 Å². The number of hydrazine groups is 1. The molecule has 19 heavy (non-hydrogen) atoms. The molecule has 106 valence electrons. The Balaban J connectivity index is 2.10. The molecule has 1 aliphatic rings. The molecular weight excluding hydrogens is 288 g/mol. The highest BCUT2D eigenvalue weighted by Gasteiger charge is 2.39. The van der Waals surface area contributed by atoms with Crippen molar-refractivity contribution in [2.75, 3.05) is 5.43 Å². The van der Waals surface area contributed by atoms with Crippen LogP contribution in [0, 0.1) is 5.92 Å². The Morgan fingerprint density at radius 3 is 2.89 bits per heavy atom. The molecule has 1 saturated carbocycles. The Bertz CT molecular complexity index is 564. The second kappa shape index (κ2) is 5.62. The van der Waals surface area contributed by atoms with Crippen molar-refractivity contribution in [2.24, 2.45) is 11.8 Å². The maximum absolute atomic E-state index is 12.1. The summed E-state index contributed by atoms with van der Waals surface area (Å²) in [5, 5.41) is 0.172. The number of nitrogens with one attached hydrogen (secondary N) is 2. The van der Waals surface area contributed by atoms with Crippen LogP contribution >= 0.6 is 11.6 Å². The number of nitrogens with zero attached hydrogens (tertiary/aromatic N) is 1. The van der Waals surface area contributed by atoms with Gasteiger partial charge in [-0.25, -0.2) is 24.0 Å². The number of hydrogen-bond donors (Lipinski definition) is 3. The van der Waals surface area contributed by atoms with Crippen molar-refractivity contribution in [3.8, 4) is 0 Å². The number of halogens is 1. The van der Waals surface area contributed by atoms with E-state index < -0.39 is 10.0 Å². The first-order valence-corrected chi connectivity index (χ1v) is 7.98. The lowest BCUT2D eigenvalue weighted by Gasteiger charge is -2.08. The van der Waals surface area contributed by atoms with Gasteiger partial charge in [-0.15, -0.1) is 0 Å². The first kappa shape index (κ1) is 14.5. The van der Waals surface area contributed by atoms with Gasteiger partial charge < -0.3 is 5.43 Å². The van der Waals surface area contributed by atoms with E-state index in [1.165, 1.54) is 12.3 Å². The van der Waals surface area contributed by atoms with Crippen molar-refractivity contribution in [1.82, 2.24) is 9.71 Å². The van der Waals surface area contributed by atoms with Gasteiger partial charge in [0.1, 0.15) is 4.90 Å². The van der Waals surface area contributed by atoms with Crippen molar-refractivity contribution < 1.29 is 8.42 Å². The van der Waals surface area contributed by atoms with Crippen molar-refractivity contribution in [2.45, 2.75) is 37.1 Å². The van der Waals surface area contributed by atoms with Gasteiger partial charge in [0.2, 0.25) is 10.0 Å². The van der Waals surface area contributed by atoms with Crippen molar-refractivity contribution in [3.05, 3.63) is 17.3 Å². The van der Waals surface area contributed by atoms with E-state index in [0.717, 1.165) is 19.3 Å². The van der Waals surface area contributed by atoms with Gasteiger partial charge in [0.15, 0.2) is 5.82 Å². The lowest BCUT2D eigenvalue weighted by Crippen LogP contribution is -2.27. The van der Waals surface area contributed by atoms with Gasteiger partial charge in [0.05, 0.1) is 5.02 Å². The molecule has 4 N–H and O–H groups in total. The molecule has 6 nitrogen and oxygen atoms in total. The average molecular weight is 305 g/mol. The first-order valence-electron chi connectivity index (χ1n) is 6.12. The molecule has 1 aromatic heterocycles. The monoisotopic (exact) mass is 304 g/mol. The quantitative estimate of drug-likeness (QED) is 0.546. The summed E-state index contributed by atoms with van der Waals surface area (Å²) in [6.07, 6.45) is 4.24. The number of nitrogen functional groups attached to an aromatic ring is 1. The molecule has 1 fully saturated rings. The second-order valence-electron chi connectivity index (χ2n) is 4.66. The molecule has 2 unspecified atom stereocenters. The molecule has 1 aliphatic carbocycles. The fourth-order valence-corrected chi connectivity index (χ4v) is 3.60. The molecule has 0 amide bonds. The van der Waals surface area contributed by atoms with Gasteiger partial charge in [-0.3, -0.25) is 0 Å². The Morgan fingerprint density at radius 2 is 2.32 bits per heavy atom. The van der Waals surface area contributed by atoms with Gasteiger partial charge >= 0.3 is 0 Å². The summed E-state index contributed by atoms with van der Waals surface area (Å²) < 4.78 is 26.9. The Hall–Kier alpha value is -0.890. The lowest BCUT2D eigenvalue weighted by atomic mass is 10.2. The topological polar surface area (TPSA) is 97.1 Å². The molecule has 0 aliphatic heterocycles. The van der Waals surface area contributed by atoms with Crippen LogP contribution in [-0.4, -0.2) is 19.4 Å². The summed E-state index contributed by atoms with van der Waals surface area (Å²) in [6, 6.07) is 1.37. The van der Waals surface area contributed by atoms with Crippen LogP contribution in [0.25, 0.3) is 0 Å². The van der Waals surface area contributed by atoms with Crippen LogP contribution in [0.3, 0.4) is 0 Å². The fourth-order valence-electron chi connectivity index (χ4n) is 2.02. The highest BCUT2D eigenvalue weighted by atomic mass is 35.5. The zero-order chi connectivity index (χ0) is 14.0. The van der Waals surface area contributed by atoms with Crippen LogP contribution in [0.1, 0.15) is 26.2 Å². The zero-order valence-electron chi connectivity index (χ0n) is 10.6. The standard InChI is InChI=1S/C11H17ClN4O2S/c1-2-3-7-4-10(7)16-19(17,18)8-5-9(12)11(15-13)14-6-8/h5-7,10,16H,2-4,13H2,1H3,(H,14,15). The molecule has 2 atom stereocenters. The number of rotatable bonds is 6. The van der Waals surface area contributed by atoms with E-state index in [0.29, 0.717) is 5.92 Å². The Morgan fingerprint density at radius 1 is 1.58 bits per heavy atom. The van der Waals surface area contributed by atoms with E-state index >= 15 is 0 Å². The number of nitrogens with two attached hydrogens (primary N) is 1. The molecule has 0 saturated heterocycles. The Kier molecular flexibility index (Phi) is 4.29. The summed E-state index contributed by atoms with van der Waals surface area (Å²) in [7, 11) is -3.56. The third-order valence-corrected chi connectivity index (χ3v) is 4.90. The second-order valence-corrected chi connectivity index (χ2v) is 6.78. The summed E-state index contributed by atoms with van der Waals surface area (Å²) in [5.74, 6) is 5.89. The lowest BCUT2D eigenvalue weighted by molar-refractivity contribution is 0.572. The number of pyridine rings is 1. The molecule has 0 aromatic carbocycles.